The molecule has 0 aliphatic heterocycles. The highest BCUT2D eigenvalue weighted by Crippen LogP contribution is 2.44. The second-order valence-corrected chi connectivity index (χ2v) is 6.03. The van der Waals surface area contributed by atoms with Gasteiger partial charge in [0.1, 0.15) is 5.82 Å². The van der Waals surface area contributed by atoms with E-state index in [4.69, 9.17) is 17.3 Å². The minimum Gasteiger partial charge on any atom is -0.322 e. The quantitative estimate of drug-likeness (QED) is 0.885. The smallest absolute Gasteiger partial charge is 0.123 e. The predicted octanol–water partition coefficient (Wildman–Crippen LogP) is 4.13. The van der Waals surface area contributed by atoms with E-state index < -0.39 is 0 Å². The molecule has 2 N–H and O–H groups in total. The zero-order valence-electron chi connectivity index (χ0n) is 12.3. The largest absolute Gasteiger partial charge is 0.322 e. The number of hydrogen-bond acceptors (Lipinski definition) is 2. The Kier molecular flexibility index (Phi) is 5.05. The van der Waals surface area contributed by atoms with Gasteiger partial charge in [0.2, 0.25) is 0 Å². The van der Waals surface area contributed by atoms with Gasteiger partial charge in [-0.05, 0) is 49.7 Å². The van der Waals surface area contributed by atoms with Crippen LogP contribution in [0.15, 0.2) is 18.2 Å². The second-order valence-electron chi connectivity index (χ2n) is 5.63. The highest BCUT2D eigenvalue weighted by Gasteiger charge is 2.44. The molecule has 4 heteroatoms. The molecular weight excluding hydrogens is 275 g/mol. The van der Waals surface area contributed by atoms with Crippen LogP contribution in [0, 0.1) is 5.82 Å². The van der Waals surface area contributed by atoms with Crippen molar-refractivity contribution >= 4 is 11.6 Å². The number of likely N-dealkylation sites (N-methyl/N-ethyl adjacent to an activating group) is 1. The first-order chi connectivity index (χ1) is 9.55. The summed E-state index contributed by atoms with van der Waals surface area (Å²) in [4.78, 5) is 2.42. The Morgan fingerprint density at radius 1 is 1.30 bits per heavy atom. The van der Waals surface area contributed by atoms with Gasteiger partial charge in [-0.15, -0.1) is 0 Å². The lowest BCUT2D eigenvalue weighted by Crippen LogP contribution is -2.53. The highest BCUT2D eigenvalue weighted by molar-refractivity contribution is 6.31. The Balaban J connectivity index is 2.41. The lowest BCUT2D eigenvalue weighted by Gasteiger charge is -2.45. The van der Waals surface area contributed by atoms with Crippen LogP contribution in [0.1, 0.15) is 51.1 Å². The Hall–Kier alpha value is -0.640. The van der Waals surface area contributed by atoms with Crippen molar-refractivity contribution in [2.24, 2.45) is 5.73 Å². The van der Waals surface area contributed by atoms with Crippen LogP contribution in [0.2, 0.25) is 5.02 Å². The molecule has 1 fully saturated rings. The number of hydrogen-bond donors (Lipinski definition) is 1. The van der Waals surface area contributed by atoms with Gasteiger partial charge >= 0.3 is 0 Å². The summed E-state index contributed by atoms with van der Waals surface area (Å²) >= 11 is 6.26. The van der Waals surface area contributed by atoms with Gasteiger partial charge in [-0.25, -0.2) is 4.39 Å². The molecule has 20 heavy (non-hydrogen) atoms. The molecule has 1 saturated carbocycles. The zero-order valence-corrected chi connectivity index (χ0v) is 13.1. The van der Waals surface area contributed by atoms with Crippen LogP contribution in [0.25, 0.3) is 0 Å². The average molecular weight is 299 g/mol. The van der Waals surface area contributed by atoms with Crippen molar-refractivity contribution in [2.75, 3.05) is 13.1 Å². The lowest BCUT2D eigenvalue weighted by atomic mass is 9.82. The van der Waals surface area contributed by atoms with E-state index in [1.54, 1.807) is 6.07 Å². The molecule has 112 valence electrons. The molecule has 2 nitrogen and oxygen atoms in total. The summed E-state index contributed by atoms with van der Waals surface area (Å²) in [6.45, 7) is 6.22. The van der Waals surface area contributed by atoms with E-state index in [-0.39, 0.29) is 17.4 Å². The van der Waals surface area contributed by atoms with Crippen LogP contribution in [-0.4, -0.2) is 23.5 Å². The standard InChI is InChI=1S/C16H24ClFN2/c1-3-20(4-2)16(9-5-6-10-16)15(19)13-11-12(18)7-8-14(13)17/h7-8,11,15H,3-6,9-10,19H2,1-2H3. The molecule has 0 heterocycles. The van der Waals surface area contributed by atoms with Crippen molar-refractivity contribution in [3.63, 3.8) is 0 Å². The first kappa shape index (κ1) is 15.7. The molecule has 0 spiro atoms. The maximum Gasteiger partial charge on any atom is 0.123 e. The van der Waals surface area contributed by atoms with Crippen molar-refractivity contribution in [3.8, 4) is 0 Å². The van der Waals surface area contributed by atoms with Crippen molar-refractivity contribution in [3.05, 3.63) is 34.6 Å². The molecule has 0 radical (unpaired) electrons. The van der Waals surface area contributed by atoms with Crippen LogP contribution in [0.5, 0.6) is 0 Å². The maximum atomic E-state index is 13.6. The van der Waals surface area contributed by atoms with Crippen molar-refractivity contribution in [1.29, 1.82) is 0 Å². The van der Waals surface area contributed by atoms with E-state index in [0.717, 1.165) is 31.5 Å². The highest BCUT2D eigenvalue weighted by atomic mass is 35.5. The van der Waals surface area contributed by atoms with Gasteiger partial charge < -0.3 is 5.73 Å². The maximum absolute atomic E-state index is 13.6. The number of rotatable bonds is 5. The summed E-state index contributed by atoms with van der Waals surface area (Å²) in [5.74, 6) is -0.271. The van der Waals surface area contributed by atoms with E-state index in [0.29, 0.717) is 5.02 Å². The van der Waals surface area contributed by atoms with E-state index in [2.05, 4.69) is 18.7 Å². The SMILES string of the molecule is CCN(CC)C1(C(N)c2cc(F)ccc2Cl)CCCC1. The Morgan fingerprint density at radius 2 is 1.90 bits per heavy atom. The zero-order chi connectivity index (χ0) is 14.8. The molecule has 1 aromatic carbocycles. The van der Waals surface area contributed by atoms with Crippen LogP contribution >= 0.6 is 11.6 Å². The Labute approximate surface area is 126 Å². The monoisotopic (exact) mass is 298 g/mol. The first-order valence-electron chi connectivity index (χ1n) is 7.50. The van der Waals surface area contributed by atoms with Gasteiger partial charge in [0.25, 0.3) is 0 Å². The van der Waals surface area contributed by atoms with Crippen molar-refractivity contribution < 1.29 is 4.39 Å². The molecule has 0 amide bonds. The molecule has 1 aromatic rings. The molecule has 0 aromatic heterocycles. The molecule has 1 aliphatic rings. The van der Waals surface area contributed by atoms with Crippen LogP contribution in [0.4, 0.5) is 4.39 Å². The molecule has 1 unspecified atom stereocenters. The van der Waals surface area contributed by atoms with Gasteiger partial charge in [-0.1, -0.05) is 38.3 Å². The van der Waals surface area contributed by atoms with Gasteiger partial charge in [0.05, 0.1) is 0 Å². The van der Waals surface area contributed by atoms with Crippen LogP contribution < -0.4 is 5.73 Å². The van der Waals surface area contributed by atoms with Gasteiger partial charge in [-0.3, -0.25) is 4.90 Å². The summed E-state index contributed by atoms with van der Waals surface area (Å²) < 4.78 is 13.6. The van der Waals surface area contributed by atoms with Crippen LogP contribution in [0.3, 0.4) is 0 Å². The lowest BCUT2D eigenvalue weighted by molar-refractivity contribution is 0.0770. The Morgan fingerprint density at radius 3 is 2.45 bits per heavy atom. The van der Waals surface area contributed by atoms with Crippen molar-refractivity contribution in [2.45, 2.75) is 51.1 Å². The van der Waals surface area contributed by atoms with E-state index >= 15 is 0 Å². The average Bonchev–Trinajstić information content (AvgIpc) is 2.93. The Bertz CT molecular complexity index is 454. The normalized spacial score (nSPS) is 19.5. The fraction of sp³-hybridized carbons (Fsp3) is 0.625. The first-order valence-corrected chi connectivity index (χ1v) is 7.88. The number of nitrogens with two attached hydrogens (primary N) is 1. The molecule has 1 atom stereocenters. The molecule has 0 bridgehead atoms. The fourth-order valence-corrected chi connectivity index (χ4v) is 3.94. The van der Waals surface area contributed by atoms with E-state index in [1.165, 1.54) is 25.0 Å². The second kappa shape index (κ2) is 6.42. The van der Waals surface area contributed by atoms with Gasteiger partial charge in [0.15, 0.2) is 0 Å². The number of nitrogens with zero attached hydrogens (tertiary/aromatic N) is 1. The van der Waals surface area contributed by atoms with Crippen LogP contribution in [-0.2, 0) is 0 Å². The minimum absolute atomic E-state index is 0.0824. The van der Waals surface area contributed by atoms with Crippen molar-refractivity contribution in [1.82, 2.24) is 4.90 Å². The summed E-state index contributed by atoms with van der Waals surface area (Å²) in [6, 6.07) is 4.25. The van der Waals surface area contributed by atoms with Gasteiger partial charge in [0, 0.05) is 16.6 Å². The summed E-state index contributed by atoms with van der Waals surface area (Å²) in [6.07, 6.45) is 4.47. The summed E-state index contributed by atoms with van der Waals surface area (Å²) in [5.41, 5.74) is 7.22. The third-order valence-electron chi connectivity index (χ3n) is 4.73. The number of benzene rings is 1. The topological polar surface area (TPSA) is 29.3 Å². The molecule has 0 saturated heterocycles. The molecule has 2 rings (SSSR count). The third kappa shape index (κ3) is 2.72. The molecular formula is C16H24ClFN2. The summed E-state index contributed by atoms with van der Waals surface area (Å²) in [7, 11) is 0. The summed E-state index contributed by atoms with van der Waals surface area (Å²) in [5, 5.41) is 0.567. The van der Waals surface area contributed by atoms with Gasteiger partial charge in [-0.2, -0.15) is 0 Å². The minimum atomic E-state index is -0.271. The van der Waals surface area contributed by atoms with E-state index in [1.807, 2.05) is 0 Å². The molecule has 1 aliphatic carbocycles. The third-order valence-corrected chi connectivity index (χ3v) is 5.08. The van der Waals surface area contributed by atoms with E-state index in [9.17, 15) is 4.39 Å². The fourth-order valence-electron chi connectivity index (χ4n) is 3.71. The predicted molar refractivity (Wildman–Crippen MR) is 82.5 cm³/mol. The number of halogens is 2.